The molecule has 104 valence electrons. The molecule has 0 heterocycles. The van der Waals surface area contributed by atoms with Crippen molar-refractivity contribution >= 4 is 26.0 Å². The van der Waals surface area contributed by atoms with E-state index in [1.807, 2.05) is 0 Å². The summed E-state index contributed by atoms with van der Waals surface area (Å²) < 4.78 is 60.3. The van der Waals surface area contributed by atoms with Crippen molar-refractivity contribution in [2.45, 2.75) is 32.4 Å². The third-order valence-corrected chi connectivity index (χ3v) is 4.74. The molecule has 0 N–H and O–H groups in total. The highest BCUT2D eigenvalue weighted by Crippen LogP contribution is 2.22. The molecule has 0 aromatic rings. The van der Waals surface area contributed by atoms with Crippen LogP contribution in [-0.2, 0) is 10.0 Å². The van der Waals surface area contributed by atoms with Crippen LogP contribution in [0.4, 0.5) is 13.2 Å². The first-order chi connectivity index (χ1) is 7.73. The van der Waals surface area contributed by atoms with E-state index < -0.39 is 28.4 Å². The molecule has 0 aliphatic carbocycles. The lowest BCUT2D eigenvalue weighted by Gasteiger charge is -2.20. The summed E-state index contributed by atoms with van der Waals surface area (Å²) in [5, 5.41) is 0.668. The molecule has 0 saturated heterocycles. The average Bonchev–Trinajstić information content (AvgIpc) is 2.16. The SMILES string of the molecule is CCN(CCCBr)S(=O)(=O)CCCC(F)(F)F. The predicted octanol–water partition coefficient (Wildman–Crippen LogP) is 2.77. The molecule has 0 rings (SSSR count). The normalized spacial score (nSPS) is 13.3. The van der Waals surface area contributed by atoms with Crippen molar-refractivity contribution in [2.75, 3.05) is 24.2 Å². The molecule has 3 nitrogen and oxygen atoms in total. The van der Waals surface area contributed by atoms with E-state index in [2.05, 4.69) is 15.9 Å². The van der Waals surface area contributed by atoms with Gasteiger partial charge in [-0.2, -0.15) is 13.2 Å². The second-order valence-corrected chi connectivity index (χ2v) is 6.45. The fraction of sp³-hybridized carbons (Fsp3) is 1.00. The Morgan fingerprint density at radius 1 is 1.24 bits per heavy atom. The zero-order valence-electron chi connectivity index (χ0n) is 9.63. The van der Waals surface area contributed by atoms with Gasteiger partial charge in [-0.15, -0.1) is 0 Å². The van der Waals surface area contributed by atoms with Crippen LogP contribution in [0.1, 0.15) is 26.2 Å². The number of nitrogens with zero attached hydrogens (tertiary/aromatic N) is 1. The maximum absolute atomic E-state index is 11.9. The molecule has 0 bridgehead atoms. The number of rotatable bonds is 8. The lowest BCUT2D eigenvalue weighted by Crippen LogP contribution is -2.34. The minimum Gasteiger partial charge on any atom is -0.212 e. The molecule has 8 heteroatoms. The van der Waals surface area contributed by atoms with Crippen molar-refractivity contribution in [3.8, 4) is 0 Å². The average molecular weight is 340 g/mol. The first-order valence-electron chi connectivity index (χ1n) is 5.33. The summed E-state index contributed by atoms with van der Waals surface area (Å²) in [6, 6.07) is 0. The summed E-state index contributed by atoms with van der Waals surface area (Å²) in [6.07, 6.45) is -5.08. The van der Waals surface area contributed by atoms with E-state index in [0.717, 1.165) is 0 Å². The zero-order valence-corrected chi connectivity index (χ0v) is 12.0. The van der Waals surface area contributed by atoms with Crippen LogP contribution in [0.5, 0.6) is 0 Å². The Balaban J connectivity index is 4.24. The molecule has 0 aromatic heterocycles. The van der Waals surface area contributed by atoms with Gasteiger partial charge in [-0.3, -0.25) is 0 Å². The van der Waals surface area contributed by atoms with Crippen molar-refractivity contribution in [3.63, 3.8) is 0 Å². The minimum absolute atomic E-state index is 0.293. The van der Waals surface area contributed by atoms with Crippen LogP contribution in [0, 0.1) is 0 Å². The molecule has 0 spiro atoms. The Labute approximate surface area is 109 Å². The molecule has 0 aromatic carbocycles. The topological polar surface area (TPSA) is 37.4 Å². The lowest BCUT2D eigenvalue weighted by molar-refractivity contribution is -0.134. The van der Waals surface area contributed by atoms with E-state index >= 15 is 0 Å². The monoisotopic (exact) mass is 339 g/mol. The molecular formula is C9H17BrF3NO2S. The van der Waals surface area contributed by atoms with Gasteiger partial charge in [0.25, 0.3) is 0 Å². The number of hydrogen-bond donors (Lipinski definition) is 0. The highest BCUT2D eigenvalue weighted by molar-refractivity contribution is 9.09. The molecule has 17 heavy (non-hydrogen) atoms. The van der Waals surface area contributed by atoms with Gasteiger partial charge in [0.2, 0.25) is 10.0 Å². The molecule has 0 unspecified atom stereocenters. The Morgan fingerprint density at radius 2 is 1.82 bits per heavy atom. The molecule has 0 amide bonds. The van der Waals surface area contributed by atoms with Gasteiger partial charge in [0.05, 0.1) is 5.75 Å². The Bertz CT molecular complexity index is 306. The number of alkyl halides is 4. The van der Waals surface area contributed by atoms with E-state index in [0.29, 0.717) is 24.8 Å². The third-order valence-electron chi connectivity index (χ3n) is 2.15. The lowest BCUT2D eigenvalue weighted by atomic mass is 10.3. The molecule has 0 atom stereocenters. The summed E-state index contributed by atoms with van der Waals surface area (Å²) in [6.45, 7) is 2.31. The first-order valence-corrected chi connectivity index (χ1v) is 8.06. The quantitative estimate of drug-likeness (QED) is 0.637. The van der Waals surface area contributed by atoms with Gasteiger partial charge in [-0.05, 0) is 12.8 Å². The van der Waals surface area contributed by atoms with Gasteiger partial charge in [-0.1, -0.05) is 22.9 Å². The van der Waals surface area contributed by atoms with Crippen molar-refractivity contribution in [2.24, 2.45) is 0 Å². The second-order valence-electron chi connectivity index (χ2n) is 3.57. The van der Waals surface area contributed by atoms with E-state index in [1.54, 1.807) is 6.92 Å². The molecule has 0 radical (unpaired) electrons. The van der Waals surface area contributed by atoms with Crippen molar-refractivity contribution in [1.82, 2.24) is 4.31 Å². The van der Waals surface area contributed by atoms with Crippen molar-refractivity contribution in [1.29, 1.82) is 0 Å². The summed E-state index contributed by atoms with van der Waals surface area (Å²) in [4.78, 5) is 0. The van der Waals surface area contributed by atoms with Gasteiger partial charge in [0, 0.05) is 24.8 Å². The van der Waals surface area contributed by atoms with Crippen LogP contribution in [0.25, 0.3) is 0 Å². The smallest absolute Gasteiger partial charge is 0.212 e. The second kappa shape index (κ2) is 7.58. The predicted molar refractivity (Wildman–Crippen MR) is 64.7 cm³/mol. The highest BCUT2D eigenvalue weighted by Gasteiger charge is 2.28. The van der Waals surface area contributed by atoms with Crippen LogP contribution in [-0.4, -0.2) is 43.1 Å². The maximum Gasteiger partial charge on any atom is 0.389 e. The fourth-order valence-electron chi connectivity index (χ4n) is 1.31. The molecule has 0 fully saturated rings. The van der Waals surface area contributed by atoms with Gasteiger partial charge in [-0.25, -0.2) is 12.7 Å². The van der Waals surface area contributed by atoms with E-state index in [-0.39, 0.29) is 6.42 Å². The van der Waals surface area contributed by atoms with Crippen LogP contribution in [0.2, 0.25) is 0 Å². The van der Waals surface area contributed by atoms with Crippen LogP contribution >= 0.6 is 15.9 Å². The maximum atomic E-state index is 11.9. The Hall–Kier alpha value is 0.180. The highest BCUT2D eigenvalue weighted by atomic mass is 79.9. The summed E-state index contributed by atoms with van der Waals surface area (Å²) in [7, 11) is -3.55. The van der Waals surface area contributed by atoms with E-state index in [4.69, 9.17) is 0 Å². The first kappa shape index (κ1) is 17.2. The Morgan fingerprint density at radius 3 is 2.24 bits per heavy atom. The summed E-state index contributed by atoms with van der Waals surface area (Å²) >= 11 is 3.18. The van der Waals surface area contributed by atoms with E-state index in [1.165, 1.54) is 4.31 Å². The van der Waals surface area contributed by atoms with Crippen molar-refractivity contribution in [3.05, 3.63) is 0 Å². The molecule has 0 saturated carbocycles. The standard InChI is InChI=1S/C9H17BrF3NO2S/c1-2-14(7-4-6-10)17(15,16)8-3-5-9(11,12)13/h2-8H2,1H3. The minimum atomic E-state index is -4.29. The van der Waals surface area contributed by atoms with E-state index in [9.17, 15) is 21.6 Å². The number of halogens is 4. The molecule has 0 aliphatic heterocycles. The van der Waals surface area contributed by atoms with Crippen molar-refractivity contribution < 1.29 is 21.6 Å². The van der Waals surface area contributed by atoms with Crippen LogP contribution in [0.3, 0.4) is 0 Å². The molecular weight excluding hydrogens is 323 g/mol. The summed E-state index contributed by atoms with van der Waals surface area (Å²) in [5.74, 6) is -0.442. The van der Waals surface area contributed by atoms with Gasteiger partial charge in [0.15, 0.2) is 0 Å². The van der Waals surface area contributed by atoms with Gasteiger partial charge in [0.1, 0.15) is 0 Å². The largest absolute Gasteiger partial charge is 0.389 e. The third kappa shape index (κ3) is 7.99. The number of hydrogen-bond acceptors (Lipinski definition) is 2. The zero-order chi connectivity index (χ0) is 13.5. The number of sulfonamides is 1. The molecule has 0 aliphatic rings. The fourth-order valence-corrected chi connectivity index (χ4v) is 3.13. The van der Waals surface area contributed by atoms with Gasteiger partial charge >= 0.3 is 6.18 Å². The summed E-state index contributed by atoms with van der Waals surface area (Å²) in [5.41, 5.74) is 0. The van der Waals surface area contributed by atoms with Crippen LogP contribution < -0.4 is 0 Å². The van der Waals surface area contributed by atoms with Crippen LogP contribution in [0.15, 0.2) is 0 Å². The van der Waals surface area contributed by atoms with Gasteiger partial charge < -0.3 is 0 Å². The Kier molecular flexibility index (Phi) is 7.66.